The van der Waals surface area contributed by atoms with Crippen LogP contribution in [0.15, 0.2) is 42.7 Å². The monoisotopic (exact) mass is 360 g/mol. The highest BCUT2D eigenvalue weighted by atomic mass is 125. The maximum atomic E-state index is 4.22. The van der Waals surface area contributed by atoms with Gasteiger partial charge < -0.3 is 0 Å². The fourth-order valence-corrected chi connectivity index (χ4v) is 1.76. The summed E-state index contributed by atoms with van der Waals surface area (Å²) < 4.78 is 1.05. The first kappa shape index (κ1) is 12.0. The highest BCUT2D eigenvalue weighted by Crippen LogP contribution is 2.13. The van der Waals surface area contributed by atoms with Crippen molar-refractivity contribution in [3.63, 3.8) is 0 Å². The van der Waals surface area contributed by atoms with Gasteiger partial charge in [-0.3, -0.25) is 9.97 Å². The minimum absolute atomic E-state index is 0.398. The second kappa shape index (κ2) is 5.31. The first-order chi connectivity index (χ1) is 9.33. The standard InChI is InChI=1S/C12H7IN6/c13-8-4-5-10(15-7-8)12-18-16-11(17-19-12)9-3-1-2-6-14-9/h1-7H/i13-2. The quantitative estimate of drug-likeness (QED) is 0.651. The zero-order valence-corrected chi connectivity index (χ0v) is 11.8. The fourth-order valence-electron chi connectivity index (χ4n) is 1.44. The van der Waals surface area contributed by atoms with E-state index in [1.807, 2.05) is 30.3 Å². The number of aromatic nitrogens is 6. The Hall–Kier alpha value is -2.03. The van der Waals surface area contributed by atoms with Gasteiger partial charge in [-0.2, -0.15) is 0 Å². The lowest BCUT2D eigenvalue weighted by atomic mass is 10.3. The van der Waals surface area contributed by atoms with E-state index in [1.165, 1.54) is 0 Å². The summed E-state index contributed by atoms with van der Waals surface area (Å²) >= 11 is 2.19. The van der Waals surface area contributed by atoms with Crippen LogP contribution in [-0.2, 0) is 0 Å². The van der Waals surface area contributed by atoms with Crippen LogP contribution in [0.2, 0.25) is 0 Å². The number of hydrogen-bond acceptors (Lipinski definition) is 6. The Morgan fingerprint density at radius 3 is 1.95 bits per heavy atom. The lowest BCUT2D eigenvalue weighted by molar-refractivity contribution is 0.865. The molecule has 0 atom stereocenters. The Bertz CT molecular complexity index is 669. The summed E-state index contributed by atoms with van der Waals surface area (Å²) in [6.07, 6.45) is 3.42. The van der Waals surface area contributed by atoms with Crippen molar-refractivity contribution in [3.05, 3.63) is 46.3 Å². The molecule has 3 heterocycles. The molecule has 0 saturated heterocycles. The van der Waals surface area contributed by atoms with E-state index in [-0.39, 0.29) is 0 Å². The van der Waals surface area contributed by atoms with Gasteiger partial charge in [-0.1, -0.05) is 6.07 Å². The van der Waals surface area contributed by atoms with E-state index in [2.05, 4.69) is 53.0 Å². The molecular formula is C12H7IN6. The van der Waals surface area contributed by atoms with Crippen LogP contribution in [0, 0.1) is 3.57 Å². The molecule has 0 aromatic carbocycles. The van der Waals surface area contributed by atoms with Crippen LogP contribution in [0.25, 0.3) is 23.0 Å². The van der Waals surface area contributed by atoms with E-state index in [0.29, 0.717) is 23.0 Å². The third kappa shape index (κ3) is 2.70. The molecule has 0 N–H and O–H groups in total. The van der Waals surface area contributed by atoms with Crippen molar-refractivity contribution in [1.29, 1.82) is 0 Å². The second-order valence-corrected chi connectivity index (χ2v) is 4.87. The lowest BCUT2D eigenvalue weighted by Gasteiger charge is -1.99. The highest BCUT2D eigenvalue weighted by Gasteiger charge is 2.07. The average Bonchev–Trinajstić information content (AvgIpc) is 2.49. The number of rotatable bonds is 2. The molecule has 0 bridgehead atoms. The minimum atomic E-state index is 0.398. The maximum Gasteiger partial charge on any atom is 0.221 e. The van der Waals surface area contributed by atoms with Gasteiger partial charge in [0.1, 0.15) is 11.4 Å². The Morgan fingerprint density at radius 1 is 0.737 bits per heavy atom. The summed E-state index contributed by atoms with van der Waals surface area (Å²) in [6.45, 7) is 0. The third-order valence-electron chi connectivity index (χ3n) is 2.33. The first-order valence-electron chi connectivity index (χ1n) is 5.44. The molecule has 0 radical (unpaired) electrons. The molecule has 0 aliphatic rings. The zero-order chi connectivity index (χ0) is 13.1. The van der Waals surface area contributed by atoms with E-state index >= 15 is 0 Å². The molecular weight excluding hydrogens is 353 g/mol. The molecule has 0 spiro atoms. The van der Waals surface area contributed by atoms with Crippen molar-refractivity contribution >= 4 is 22.6 Å². The smallest absolute Gasteiger partial charge is 0.221 e. The molecule has 3 aromatic rings. The van der Waals surface area contributed by atoms with E-state index in [4.69, 9.17) is 0 Å². The Labute approximate surface area is 122 Å². The molecule has 6 nitrogen and oxygen atoms in total. The van der Waals surface area contributed by atoms with E-state index < -0.39 is 0 Å². The summed E-state index contributed by atoms with van der Waals surface area (Å²) in [5, 5.41) is 16.1. The maximum absolute atomic E-state index is 4.22. The van der Waals surface area contributed by atoms with Crippen LogP contribution in [0.4, 0.5) is 0 Å². The summed E-state index contributed by atoms with van der Waals surface area (Å²) in [5.41, 5.74) is 1.29. The van der Waals surface area contributed by atoms with Crippen LogP contribution < -0.4 is 0 Å². The van der Waals surface area contributed by atoms with Crippen LogP contribution in [0.3, 0.4) is 0 Å². The Balaban J connectivity index is 1.93. The second-order valence-electron chi connectivity index (χ2n) is 3.62. The van der Waals surface area contributed by atoms with Gasteiger partial charge in [0.2, 0.25) is 11.6 Å². The largest absolute Gasteiger partial charge is 0.253 e. The van der Waals surface area contributed by atoms with Gasteiger partial charge in [0.05, 0.1) is 0 Å². The van der Waals surface area contributed by atoms with Crippen LogP contribution in [0.5, 0.6) is 0 Å². The molecule has 0 amide bonds. The average molecular weight is 360 g/mol. The fraction of sp³-hybridized carbons (Fsp3) is 0. The first-order valence-corrected chi connectivity index (χ1v) is 6.51. The number of hydrogen-bond donors (Lipinski definition) is 0. The van der Waals surface area contributed by atoms with Crippen molar-refractivity contribution in [2.75, 3.05) is 0 Å². The third-order valence-corrected chi connectivity index (χ3v) is 2.97. The molecule has 19 heavy (non-hydrogen) atoms. The number of halogens is 1. The van der Waals surface area contributed by atoms with Gasteiger partial charge in [0, 0.05) is 16.0 Å². The zero-order valence-electron chi connectivity index (χ0n) is 9.60. The van der Waals surface area contributed by atoms with Gasteiger partial charge >= 0.3 is 0 Å². The molecule has 0 aliphatic carbocycles. The predicted octanol–water partition coefficient (Wildman–Crippen LogP) is 2.00. The highest BCUT2D eigenvalue weighted by molar-refractivity contribution is 14.1. The molecule has 0 aliphatic heterocycles. The minimum Gasteiger partial charge on any atom is -0.253 e. The summed E-state index contributed by atoms with van der Waals surface area (Å²) in [5.74, 6) is 0.797. The summed E-state index contributed by atoms with van der Waals surface area (Å²) in [6, 6.07) is 9.26. The normalized spacial score (nSPS) is 10.4. The lowest BCUT2D eigenvalue weighted by Crippen LogP contribution is -2.01. The van der Waals surface area contributed by atoms with Crippen molar-refractivity contribution in [2.24, 2.45) is 0 Å². The van der Waals surface area contributed by atoms with Gasteiger partial charge in [-0.05, 0) is 46.9 Å². The van der Waals surface area contributed by atoms with Crippen LogP contribution in [0.1, 0.15) is 0 Å². The Morgan fingerprint density at radius 2 is 1.42 bits per heavy atom. The van der Waals surface area contributed by atoms with E-state index in [9.17, 15) is 0 Å². The van der Waals surface area contributed by atoms with Crippen molar-refractivity contribution in [2.45, 2.75) is 0 Å². The van der Waals surface area contributed by atoms with Crippen molar-refractivity contribution in [1.82, 2.24) is 30.4 Å². The SMILES string of the molecule is [125I]c1ccc(-c2nnc(-c3ccccn3)nn2)nc1. The van der Waals surface area contributed by atoms with Crippen LogP contribution in [-0.4, -0.2) is 30.4 Å². The van der Waals surface area contributed by atoms with Gasteiger partial charge in [-0.15, -0.1) is 20.4 Å². The van der Waals surface area contributed by atoms with Crippen molar-refractivity contribution < 1.29 is 0 Å². The number of pyridine rings is 2. The molecule has 0 fully saturated rings. The summed E-state index contributed by atoms with van der Waals surface area (Å²) in [4.78, 5) is 8.36. The predicted molar refractivity (Wildman–Crippen MR) is 76.8 cm³/mol. The molecule has 0 saturated carbocycles. The molecule has 0 unspecified atom stereocenters. The number of nitrogens with zero attached hydrogens (tertiary/aromatic N) is 6. The topological polar surface area (TPSA) is 77.3 Å². The Kier molecular flexibility index (Phi) is 3.36. The van der Waals surface area contributed by atoms with Gasteiger partial charge in [0.25, 0.3) is 0 Å². The molecule has 7 heteroatoms. The van der Waals surface area contributed by atoms with Crippen molar-refractivity contribution in [3.8, 4) is 23.0 Å². The van der Waals surface area contributed by atoms with Crippen LogP contribution >= 0.6 is 22.6 Å². The van der Waals surface area contributed by atoms with Gasteiger partial charge in [-0.25, -0.2) is 0 Å². The summed E-state index contributed by atoms with van der Waals surface area (Å²) in [7, 11) is 0. The molecule has 3 aromatic heterocycles. The van der Waals surface area contributed by atoms with E-state index in [1.54, 1.807) is 12.4 Å². The van der Waals surface area contributed by atoms with Gasteiger partial charge in [0.15, 0.2) is 0 Å². The molecule has 92 valence electrons. The van der Waals surface area contributed by atoms with E-state index in [0.717, 1.165) is 3.57 Å². The molecule has 3 rings (SSSR count).